The van der Waals surface area contributed by atoms with Crippen LogP contribution in [-0.2, 0) is 19.6 Å². The number of hydrogen-bond acceptors (Lipinski definition) is 6. The molecule has 0 radical (unpaired) electrons. The summed E-state index contributed by atoms with van der Waals surface area (Å²) in [6, 6.07) is 3.72. The number of pyridine rings is 1. The highest BCUT2D eigenvalue weighted by Crippen LogP contribution is 2.24. The Bertz CT molecular complexity index is 786. The average Bonchev–Trinajstić information content (AvgIpc) is 2.75. The van der Waals surface area contributed by atoms with Crippen molar-refractivity contribution in [2.24, 2.45) is 11.7 Å². The maximum absolute atomic E-state index is 12.9. The van der Waals surface area contributed by atoms with Crippen molar-refractivity contribution in [3.05, 3.63) is 24.4 Å². The first-order valence-electron chi connectivity index (χ1n) is 9.30. The molecule has 0 saturated carbocycles. The van der Waals surface area contributed by atoms with Crippen molar-refractivity contribution >= 4 is 21.8 Å². The SMILES string of the molecule is C[C@@H](CC(N)=O)CC(=O)N[C@H]1CC[C@@H](C)N(S(=O)(=O)c2ccccn2)CC1O. The Morgan fingerprint density at radius 2 is 2.07 bits per heavy atom. The van der Waals surface area contributed by atoms with E-state index in [1.807, 2.05) is 0 Å². The number of rotatable bonds is 7. The fraction of sp³-hybridized carbons (Fsp3) is 0.611. The number of nitrogens with zero attached hydrogens (tertiary/aromatic N) is 2. The molecule has 1 aliphatic rings. The molecule has 1 fully saturated rings. The summed E-state index contributed by atoms with van der Waals surface area (Å²) < 4.78 is 27.0. The summed E-state index contributed by atoms with van der Waals surface area (Å²) in [6.45, 7) is 3.38. The van der Waals surface area contributed by atoms with E-state index in [-0.39, 0.29) is 42.3 Å². The van der Waals surface area contributed by atoms with Gasteiger partial charge in [-0.3, -0.25) is 9.59 Å². The molecule has 0 bridgehead atoms. The molecule has 1 aliphatic heterocycles. The zero-order chi connectivity index (χ0) is 20.9. The number of carbonyl (C=O) groups excluding carboxylic acids is 2. The van der Waals surface area contributed by atoms with Gasteiger partial charge in [0.05, 0.1) is 12.1 Å². The summed E-state index contributed by atoms with van der Waals surface area (Å²) in [7, 11) is -3.85. The van der Waals surface area contributed by atoms with E-state index in [1.54, 1.807) is 26.0 Å². The third-order valence-electron chi connectivity index (χ3n) is 4.86. The minimum Gasteiger partial charge on any atom is -0.390 e. The second-order valence-corrected chi connectivity index (χ2v) is 9.23. The summed E-state index contributed by atoms with van der Waals surface area (Å²) in [5, 5.41) is 13.3. The summed E-state index contributed by atoms with van der Waals surface area (Å²) >= 11 is 0. The highest BCUT2D eigenvalue weighted by molar-refractivity contribution is 7.89. The highest BCUT2D eigenvalue weighted by Gasteiger charge is 2.37. The lowest BCUT2D eigenvalue weighted by Gasteiger charge is -2.27. The highest BCUT2D eigenvalue weighted by atomic mass is 32.2. The third-order valence-corrected chi connectivity index (χ3v) is 6.76. The number of nitrogens with one attached hydrogen (secondary N) is 1. The van der Waals surface area contributed by atoms with Crippen molar-refractivity contribution in [3.63, 3.8) is 0 Å². The lowest BCUT2D eigenvalue weighted by Crippen LogP contribution is -2.48. The summed E-state index contributed by atoms with van der Waals surface area (Å²) in [5.74, 6) is -0.981. The maximum atomic E-state index is 12.9. The number of primary amides is 1. The molecule has 2 rings (SSSR count). The van der Waals surface area contributed by atoms with Crippen molar-refractivity contribution < 1.29 is 23.1 Å². The van der Waals surface area contributed by atoms with Gasteiger partial charge in [-0.05, 0) is 37.8 Å². The molecule has 9 nitrogen and oxygen atoms in total. The molecule has 1 saturated heterocycles. The number of carbonyl (C=O) groups is 2. The Labute approximate surface area is 165 Å². The zero-order valence-electron chi connectivity index (χ0n) is 16.1. The summed E-state index contributed by atoms with van der Waals surface area (Å²) in [4.78, 5) is 27.1. The molecule has 28 heavy (non-hydrogen) atoms. The molecule has 1 aromatic rings. The molecule has 10 heteroatoms. The molecule has 2 heterocycles. The molecule has 4 N–H and O–H groups in total. The fourth-order valence-corrected chi connectivity index (χ4v) is 4.98. The minimum atomic E-state index is -3.85. The molecule has 1 aromatic heterocycles. The molecule has 0 aromatic carbocycles. The lowest BCUT2D eigenvalue weighted by molar-refractivity contribution is -0.124. The van der Waals surface area contributed by atoms with Crippen LogP contribution in [0.15, 0.2) is 29.4 Å². The van der Waals surface area contributed by atoms with Gasteiger partial charge in [-0.25, -0.2) is 13.4 Å². The van der Waals surface area contributed by atoms with Crippen LogP contribution in [0.1, 0.15) is 39.5 Å². The third kappa shape index (κ3) is 5.73. The smallest absolute Gasteiger partial charge is 0.260 e. The van der Waals surface area contributed by atoms with Gasteiger partial charge in [0.15, 0.2) is 5.03 Å². The van der Waals surface area contributed by atoms with Crippen LogP contribution >= 0.6 is 0 Å². The number of aliphatic hydroxyl groups is 1. The second kappa shape index (κ2) is 9.44. The molecule has 2 amide bonds. The van der Waals surface area contributed by atoms with E-state index in [1.165, 1.54) is 16.6 Å². The van der Waals surface area contributed by atoms with Crippen LogP contribution in [0.2, 0.25) is 0 Å². The monoisotopic (exact) mass is 412 g/mol. The van der Waals surface area contributed by atoms with E-state index in [0.29, 0.717) is 12.8 Å². The first-order valence-corrected chi connectivity index (χ1v) is 10.7. The Hall–Kier alpha value is -2.04. The molecule has 1 unspecified atom stereocenters. The number of hydrogen-bond donors (Lipinski definition) is 3. The van der Waals surface area contributed by atoms with Crippen molar-refractivity contribution in [3.8, 4) is 0 Å². The van der Waals surface area contributed by atoms with E-state index < -0.39 is 28.1 Å². The van der Waals surface area contributed by atoms with Gasteiger partial charge < -0.3 is 16.2 Å². The quantitative estimate of drug-likeness (QED) is 0.575. The van der Waals surface area contributed by atoms with Crippen molar-refractivity contribution in [2.75, 3.05) is 6.54 Å². The molecule has 0 spiro atoms. The van der Waals surface area contributed by atoms with E-state index in [9.17, 15) is 23.1 Å². The Morgan fingerprint density at radius 3 is 2.68 bits per heavy atom. The molecule has 4 atom stereocenters. The number of aliphatic hydroxyl groups excluding tert-OH is 1. The molecule has 0 aliphatic carbocycles. The molecule has 156 valence electrons. The number of aromatic nitrogens is 1. The second-order valence-electron chi connectivity index (χ2n) is 7.39. The van der Waals surface area contributed by atoms with E-state index in [0.717, 1.165) is 0 Å². The largest absolute Gasteiger partial charge is 0.390 e. The first kappa shape index (κ1) is 22.3. The Kier molecular flexibility index (Phi) is 7.50. The Balaban J connectivity index is 2.06. The van der Waals surface area contributed by atoms with E-state index >= 15 is 0 Å². The number of nitrogens with two attached hydrogens (primary N) is 1. The predicted octanol–water partition coefficient (Wildman–Crippen LogP) is 0.00190. The van der Waals surface area contributed by atoms with Gasteiger partial charge in [-0.15, -0.1) is 0 Å². The van der Waals surface area contributed by atoms with Crippen molar-refractivity contribution in [1.29, 1.82) is 0 Å². The van der Waals surface area contributed by atoms with E-state index in [4.69, 9.17) is 5.73 Å². The van der Waals surface area contributed by atoms with Crippen LogP contribution in [-0.4, -0.2) is 59.4 Å². The summed E-state index contributed by atoms with van der Waals surface area (Å²) in [6.07, 6.45) is 1.48. The molecular weight excluding hydrogens is 384 g/mol. The van der Waals surface area contributed by atoms with Crippen LogP contribution in [0.4, 0.5) is 0 Å². The number of β-amino-alcohol motifs (C(OH)–C–C–N with tert-alkyl or cyclic N) is 1. The van der Waals surface area contributed by atoms with Gasteiger partial charge in [-0.1, -0.05) is 13.0 Å². The van der Waals surface area contributed by atoms with Crippen molar-refractivity contribution in [1.82, 2.24) is 14.6 Å². The van der Waals surface area contributed by atoms with Gasteiger partial charge in [0.2, 0.25) is 11.8 Å². The topological polar surface area (TPSA) is 143 Å². The van der Waals surface area contributed by atoms with Crippen LogP contribution in [0.25, 0.3) is 0 Å². The van der Waals surface area contributed by atoms with Gasteiger partial charge in [-0.2, -0.15) is 4.31 Å². The molecular formula is C18H28N4O5S. The van der Waals surface area contributed by atoms with Crippen LogP contribution < -0.4 is 11.1 Å². The van der Waals surface area contributed by atoms with Crippen molar-refractivity contribution in [2.45, 2.75) is 62.7 Å². The maximum Gasteiger partial charge on any atom is 0.260 e. The lowest BCUT2D eigenvalue weighted by atomic mass is 10.0. The minimum absolute atomic E-state index is 0.0724. The number of sulfonamides is 1. The van der Waals surface area contributed by atoms with Crippen LogP contribution in [0, 0.1) is 5.92 Å². The first-order chi connectivity index (χ1) is 13.1. The predicted molar refractivity (Wildman–Crippen MR) is 102 cm³/mol. The average molecular weight is 413 g/mol. The van der Waals surface area contributed by atoms with E-state index in [2.05, 4.69) is 10.3 Å². The standard InChI is InChI=1S/C18H28N4O5S/c1-12(9-16(19)24)10-17(25)21-14-7-6-13(2)22(11-15(14)23)28(26,27)18-5-3-4-8-20-18/h3-5,8,12-15,23H,6-7,9-11H2,1-2H3,(H2,19,24)(H,21,25)/t12-,13+,14-,15?/m0/s1. The zero-order valence-corrected chi connectivity index (χ0v) is 16.9. The number of amides is 2. The van der Waals surface area contributed by atoms with Crippen LogP contribution in [0.3, 0.4) is 0 Å². The Morgan fingerprint density at radius 1 is 1.36 bits per heavy atom. The van der Waals surface area contributed by atoms with Gasteiger partial charge >= 0.3 is 0 Å². The van der Waals surface area contributed by atoms with Gasteiger partial charge in [0.25, 0.3) is 10.0 Å². The normalized spacial score (nSPS) is 24.9. The summed E-state index contributed by atoms with van der Waals surface area (Å²) in [5.41, 5.74) is 5.14. The van der Waals surface area contributed by atoms with Crippen LogP contribution in [0.5, 0.6) is 0 Å². The van der Waals surface area contributed by atoms with Gasteiger partial charge in [0, 0.05) is 31.6 Å². The fourth-order valence-electron chi connectivity index (χ4n) is 3.37. The van der Waals surface area contributed by atoms with Gasteiger partial charge in [0.1, 0.15) is 0 Å².